The van der Waals surface area contributed by atoms with Gasteiger partial charge in [-0.15, -0.1) is 12.4 Å². The third kappa shape index (κ3) is 4.32. The molecule has 3 atom stereocenters. The van der Waals surface area contributed by atoms with Crippen molar-refractivity contribution in [1.29, 1.82) is 0 Å². The largest absolute Gasteiger partial charge is 0.508 e. The number of hydrogen-bond acceptors (Lipinski definition) is 3. The second-order valence-corrected chi connectivity index (χ2v) is 8.34. The van der Waals surface area contributed by atoms with Crippen molar-refractivity contribution >= 4 is 12.4 Å². The zero-order valence-corrected chi connectivity index (χ0v) is 17.4. The number of fused-ring (bicyclic) bond motifs is 2. The summed E-state index contributed by atoms with van der Waals surface area (Å²) in [7, 11) is 0. The zero-order chi connectivity index (χ0) is 20.6. The molecular weight excluding hydrogens is 415 g/mol. The smallest absolute Gasteiger partial charge is 0.416 e. The predicted molar refractivity (Wildman–Crippen MR) is 112 cm³/mol. The van der Waals surface area contributed by atoms with Crippen LogP contribution in [0.15, 0.2) is 48.5 Å². The average Bonchev–Trinajstić information content (AvgIpc) is 2.67. The molecule has 1 aliphatic carbocycles. The Morgan fingerprint density at radius 1 is 1.07 bits per heavy atom. The van der Waals surface area contributed by atoms with Crippen LogP contribution in [0.3, 0.4) is 0 Å². The molecular formula is C23H27ClF3NO2. The van der Waals surface area contributed by atoms with E-state index >= 15 is 0 Å². The summed E-state index contributed by atoms with van der Waals surface area (Å²) in [4.78, 5) is 2.28. The monoisotopic (exact) mass is 441 g/mol. The minimum Gasteiger partial charge on any atom is -0.508 e. The molecule has 3 nitrogen and oxygen atoms in total. The summed E-state index contributed by atoms with van der Waals surface area (Å²) in [5.41, 5.74) is 0.912. The fourth-order valence-electron chi connectivity index (χ4n) is 5.15. The van der Waals surface area contributed by atoms with E-state index in [1.165, 1.54) is 0 Å². The Balaban J connectivity index is 0.00000256. The molecule has 2 aromatic rings. The molecule has 2 fully saturated rings. The number of phenols is 1. The summed E-state index contributed by atoms with van der Waals surface area (Å²) in [6.45, 7) is 1.54. The normalized spacial score (nSPS) is 26.8. The van der Waals surface area contributed by atoms with Gasteiger partial charge >= 0.3 is 6.18 Å². The van der Waals surface area contributed by atoms with Crippen molar-refractivity contribution in [2.24, 2.45) is 0 Å². The summed E-state index contributed by atoms with van der Waals surface area (Å²) >= 11 is 0. The van der Waals surface area contributed by atoms with Gasteiger partial charge < -0.3 is 10.2 Å². The van der Waals surface area contributed by atoms with Gasteiger partial charge in [0.05, 0.1) is 11.7 Å². The molecule has 1 heterocycles. The second kappa shape index (κ2) is 8.77. The Kier molecular flexibility index (Phi) is 6.70. The lowest BCUT2D eigenvalue weighted by atomic mass is 9.61. The Morgan fingerprint density at radius 3 is 2.47 bits per heavy atom. The molecule has 0 unspecified atom stereocenters. The van der Waals surface area contributed by atoms with E-state index in [4.69, 9.17) is 0 Å². The number of benzene rings is 2. The molecule has 4 rings (SSSR count). The molecule has 2 bridgehead atoms. The van der Waals surface area contributed by atoms with E-state index < -0.39 is 17.8 Å². The van der Waals surface area contributed by atoms with Crippen LogP contribution in [0.2, 0.25) is 0 Å². The molecule has 0 radical (unpaired) electrons. The van der Waals surface area contributed by atoms with Gasteiger partial charge in [-0.2, -0.15) is 13.2 Å². The van der Waals surface area contributed by atoms with Crippen LogP contribution in [0.4, 0.5) is 13.2 Å². The summed E-state index contributed by atoms with van der Waals surface area (Å²) in [5.74, 6) is 0.218. The summed E-state index contributed by atoms with van der Waals surface area (Å²) < 4.78 is 38.2. The maximum absolute atomic E-state index is 12.7. The van der Waals surface area contributed by atoms with Gasteiger partial charge in [-0.05, 0) is 67.6 Å². The van der Waals surface area contributed by atoms with Crippen LogP contribution < -0.4 is 0 Å². The van der Waals surface area contributed by atoms with E-state index in [0.717, 1.165) is 55.5 Å². The molecule has 2 aromatic carbocycles. The highest BCUT2D eigenvalue weighted by Crippen LogP contribution is 2.47. The highest BCUT2D eigenvalue weighted by molar-refractivity contribution is 5.85. The van der Waals surface area contributed by atoms with Crippen molar-refractivity contribution in [3.63, 3.8) is 0 Å². The Bertz CT molecular complexity index is 858. The number of hydrogen-bond donors (Lipinski definition) is 2. The zero-order valence-electron chi connectivity index (χ0n) is 16.6. The van der Waals surface area contributed by atoms with Gasteiger partial charge in [-0.3, -0.25) is 4.90 Å². The number of nitrogens with zero attached hydrogens (tertiary/aromatic N) is 1. The maximum Gasteiger partial charge on any atom is 0.416 e. The molecule has 1 saturated heterocycles. The van der Waals surface area contributed by atoms with Crippen LogP contribution in [0.1, 0.15) is 42.4 Å². The number of rotatable bonds is 4. The standard InChI is InChI=1S/C23H26F3NO2.ClH/c24-23(25,26)17-8-6-16(7-9-17)10-13-27-14-12-22(11-2-5-20(27)21(22)29)18-3-1-4-19(28)15-18;/h1,3-4,6-9,15,20-21,28-29H,2,5,10-14H2;1H/t20-,21-,22-;/m1./s1. The lowest BCUT2D eigenvalue weighted by molar-refractivity contribution is -0.137. The van der Waals surface area contributed by atoms with Gasteiger partial charge in [0, 0.05) is 18.0 Å². The average molecular weight is 442 g/mol. The first-order valence-electron chi connectivity index (χ1n) is 10.2. The highest BCUT2D eigenvalue weighted by atomic mass is 35.5. The third-order valence-corrected chi connectivity index (χ3v) is 6.76. The maximum atomic E-state index is 12.7. The van der Waals surface area contributed by atoms with Crippen molar-refractivity contribution in [2.45, 2.75) is 55.8 Å². The minimum absolute atomic E-state index is 0. The quantitative estimate of drug-likeness (QED) is 0.706. The molecule has 164 valence electrons. The van der Waals surface area contributed by atoms with E-state index in [0.29, 0.717) is 13.0 Å². The number of phenolic OH excluding ortho intramolecular Hbond substituents is 1. The topological polar surface area (TPSA) is 43.7 Å². The number of likely N-dealkylation sites (tertiary alicyclic amines) is 1. The molecule has 0 amide bonds. The molecule has 0 spiro atoms. The fourth-order valence-corrected chi connectivity index (χ4v) is 5.15. The lowest BCUT2D eigenvalue weighted by Crippen LogP contribution is -2.62. The first kappa shape index (κ1) is 22.9. The Morgan fingerprint density at radius 2 is 1.80 bits per heavy atom. The first-order chi connectivity index (χ1) is 13.8. The number of halogens is 4. The fraction of sp³-hybridized carbons (Fsp3) is 0.478. The van der Waals surface area contributed by atoms with Gasteiger partial charge in [0.15, 0.2) is 0 Å². The van der Waals surface area contributed by atoms with Crippen molar-refractivity contribution in [3.8, 4) is 5.75 Å². The van der Waals surface area contributed by atoms with Crippen LogP contribution in [-0.2, 0) is 18.0 Å². The van der Waals surface area contributed by atoms with Gasteiger partial charge in [-0.1, -0.05) is 30.7 Å². The number of alkyl halides is 3. The molecule has 2 N–H and O–H groups in total. The van der Waals surface area contributed by atoms with Crippen LogP contribution in [0.25, 0.3) is 0 Å². The van der Waals surface area contributed by atoms with Gasteiger partial charge in [0.2, 0.25) is 0 Å². The van der Waals surface area contributed by atoms with Crippen LogP contribution in [-0.4, -0.2) is 40.3 Å². The number of aliphatic hydroxyl groups excluding tert-OH is 1. The van der Waals surface area contributed by atoms with Crippen molar-refractivity contribution in [2.75, 3.05) is 13.1 Å². The van der Waals surface area contributed by atoms with Crippen LogP contribution in [0, 0.1) is 0 Å². The molecule has 30 heavy (non-hydrogen) atoms. The molecule has 1 saturated carbocycles. The second-order valence-electron chi connectivity index (χ2n) is 8.34. The Labute approximate surface area is 180 Å². The highest BCUT2D eigenvalue weighted by Gasteiger charge is 2.50. The molecule has 2 aliphatic rings. The van der Waals surface area contributed by atoms with E-state index in [9.17, 15) is 23.4 Å². The van der Waals surface area contributed by atoms with Crippen molar-refractivity contribution in [1.82, 2.24) is 4.90 Å². The van der Waals surface area contributed by atoms with Gasteiger partial charge in [0.1, 0.15) is 5.75 Å². The van der Waals surface area contributed by atoms with Gasteiger partial charge in [-0.25, -0.2) is 0 Å². The summed E-state index contributed by atoms with van der Waals surface area (Å²) in [5, 5.41) is 21.1. The molecule has 1 aliphatic heterocycles. The Hall–Kier alpha value is -1.76. The van der Waals surface area contributed by atoms with E-state index in [1.54, 1.807) is 24.3 Å². The number of aromatic hydroxyl groups is 1. The van der Waals surface area contributed by atoms with E-state index in [-0.39, 0.29) is 29.6 Å². The first-order valence-corrected chi connectivity index (χ1v) is 10.2. The number of aliphatic hydroxyl groups is 1. The van der Waals surface area contributed by atoms with Crippen molar-refractivity contribution in [3.05, 3.63) is 65.2 Å². The summed E-state index contributed by atoms with van der Waals surface area (Å²) in [6, 6.07) is 12.6. The van der Waals surface area contributed by atoms with Crippen LogP contribution >= 0.6 is 12.4 Å². The van der Waals surface area contributed by atoms with Gasteiger partial charge in [0.25, 0.3) is 0 Å². The molecule has 7 heteroatoms. The van der Waals surface area contributed by atoms with E-state index in [1.807, 2.05) is 12.1 Å². The minimum atomic E-state index is -4.31. The predicted octanol–water partition coefficient (Wildman–Crippen LogP) is 4.93. The third-order valence-electron chi connectivity index (χ3n) is 6.76. The lowest BCUT2D eigenvalue weighted by Gasteiger charge is -2.54. The SMILES string of the molecule is Cl.Oc1cccc([C@]23CCC[C@H]([C@H]2O)N(CCc2ccc(C(F)(F)F)cc2)CC3)c1. The van der Waals surface area contributed by atoms with Crippen LogP contribution in [0.5, 0.6) is 5.75 Å². The van der Waals surface area contributed by atoms with Crippen molar-refractivity contribution < 1.29 is 23.4 Å². The van der Waals surface area contributed by atoms with E-state index in [2.05, 4.69) is 4.90 Å². The molecule has 0 aromatic heterocycles. The summed E-state index contributed by atoms with van der Waals surface area (Å²) in [6.07, 6.45) is -0.544. The number of piperidine rings is 1.